The van der Waals surface area contributed by atoms with Gasteiger partial charge in [0, 0.05) is 15.5 Å². The number of hydrogen-bond donors (Lipinski definition) is 1. The molecule has 1 aromatic heterocycles. The van der Waals surface area contributed by atoms with Gasteiger partial charge in [0.2, 0.25) is 0 Å². The van der Waals surface area contributed by atoms with Gasteiger partial charge in [0.15, 0.2) is 5.13 Å². The van der Waals surface area contributed by atoms with Crippen LogP contribution in [0.15, 0.2) is 47.4 Å². The van der Waals surface area contributed by atoms with Gasteiger partial charge in [-0.05, 0) is 42.7 Å². The topological polar surface area (TPSA) is 42.0 Å². The monoisotopic (exact) mass is 334 g/mol. The van der Waals surface area contributed by atoms with Gasteiger partial charge in [-0.2, -0.15) is 0 Å². The van der Waals surface area contributed by atoms with E-state index in [1.165, 1.54) is 16.2 Å². The summed E-state index contributed by atoms with van der Waals surface area (Å²) < 4.78 is 1.06. The molecule has 3 aromatic rings. The number of thioether (sulfide) groups is 1. The lowest BCUT2D eigenvalue weighted by Gasteiger charge is -2.01. The molecule has 0 atom stereocenters. The number of thiazole rings is 1. The molecule has 0 aliphatic heterocycles. The molecule has 2 aromatic carbocycles. The van der Waals surface area contributed by atoms with Crippen LogP contribution < -0.4 is 5.32 Å². The van der Waals surface area contributed by atoms with Crippen LogP contribution in [0.5, 0.6) is 0 Å². The number of hydrogen-bond acceptors (Lipinski definition) is 4. The molecule has 6 heteroatoms. The highest BCUT2D eigenvalue weighted by atomic mass is 35.5. The molecule has 0 unspecified atom stereocenters. The molecule has 3 rings (SSSR count). The van der Waals surface area contributed by atoms with E-state index in [1.807, 2.05) is 18.4 Å². The summed E-state index contributed by atoms with van der Waals surface area (Å²) in [6, 6.07) is 12.9. The number of nitrogens with zero attached hydrogens (tertiary/aromatic N) is 1. The largest absolute Gasteiger partial charge is 0.298 e. The first-order chi connectivity index (χ1) is 10.2. The number of nitrogens with one attached hydrogen (secondary N) is 1. The van der Waals surface area contributed by atoms with E-state index in [-0.39, 0.29) is 5.91 Å². The molecule has 21 heavy (non-hydrogen) atoms. The second-order valence-electron chi connectivity index (χ2n) is 4.32. The fraction of sp³-hybridized carbons (Fsp3) is 0.0667. The predicted molar refractivity (Wildman–Crippen MR) is 90.8 cm³/mol. The molecule has 0 saturated carbocycles. The molecule has 0 bridgehead atoms. The number of anilines is 1. The van der Waals surface area contributed by atoms with Crippen molar-refractivity contribution in [2.45, 2.75) is 4.90 Å². The van der Waals surface area contributed by atoms with Crippen molar-refractivity contribution in [1.82, 2.24) is 4.98 Å². The molecule has 0 fully saturated rings. The number of carbonyl (C=O) groups excluding carboxylic acids is 1. The number of fused-ring (bicyclic) bond motifs is 1. The van der Waals surface area contributed by atoms with E-state index in [0.29, 0.717) is 15.7 Å². The molecule has 3 nitrogen and oxygen atoms in total. The highest BCUT2D eigenvalue weighted by Gasteiger charge is 2.10. The Morgan fingerprint density at radius 2 is 2.14 bits per heavy atom. The molecular formula is C15H11ClN2OS2. The van der Waals surface area contributed by atoms with E-state index >= 15 is 0 Å². The van der Waals surface area contributed by atoms with Crippen molar-refractivity contribution in [2.75, 3.05) is 11.6 Å². The number of amides is 1. The van der Waals surface area contributed by atoms with Gasteiger partial charge in [-0.15, -0.1) is 11.8 Å². The van der Waals surface area contributed by atoms with Crippen molar-refractivity contribution in [3.05, 3.63) is 53.1 Å². The zero-order chi connectivity index (χ0) is 14.8. The maximum atomic E-state index is 12.2. The van der Waals surface area contributed by atoms with Crippen molar-refractivity contribution in [1.29, 1.82) is 0 Å². The molecule has 1 heterocycles. The Kier molecular flexibility index (Phi) is 4.14. The maximum Gasteiger partial charge on any atom is 0.257 e. The van der Waals surface area contributed by atoms with Crippen LogP contribution in [0.25, 0.3) is 10.2 Å². The molecule has 1 N–H and O–H groups in total. The number of carbonyl (C=O) groups is 1. The third-order valence-corrected chi connectivity index (χ3v) is 4.80. The van der Waals surface area contributed by atoms with E-state index in [4.69, 9.17) is 11.6 Å². The SMILES string of the molecule is CSc1ccc2nc(NC(=O)c3cccc(Cl)c3)sc2c1. The molecule has 0 aliphatic carbocycles. The minimum absolute atomic E-state index is 0.207. The van der Waals surface area contributed by atoms with Crippen LogP contribution >= 0.6 is 34.7 Å². The zero-order valence-electron chi connectivity index (χ0n) is 11.1. The summed E-state index contributed by atoms with van der Waals surface area (Å²) in [6.45, 7) is 0. The summed E-state index contributed by atoms with van der Waals surface area (Å²) >= 11 is 9.04. The molecule has 106 valence electrons. The molecular weight excluding hydrogens is 324 g/mol. The highest BCUT2D eigenvalue weighted by Crippen LogP contribution is 2.29. The van der Waals surface area contributed by atoms with Crippen LogP contribution in [0.3, 0.4) is 0 Å². The third-order valence-electron chi connectivity index (χ3n) is 2.90. The first-order valence-electron chi connectivity index (χ1n) is 6.17. The second-order valence-corrected chi connectivity index (χ2v) is 6.66. The Balaban J connectivity index is 1.86. The molecule has 0 saturated heterocycles. The first kappa shape index (κ1) is 14.4. The smallest absolute Gasteiger partial charge is 0.257 e. The van der Waals surface area contributed by atoms with Crippen molar-refractivity contribution in [2.24, 2.45) is 0 Å². The average molecular weight is 335 g/mol. The molecule has 0 radical (unpaired) electrons. The lowest BCUT2D eigenvalue weighted by Crippen LogP contribution is -2.11. The highest BCUT2D eigenvalue weighted by molar-refractivity contribution is 7.98. The van der Waals surface area contributed by atoms with Gasteiger partial charge in [0.05, 0.1) is 10.2 Å². The van der Waals surface area contributed by atoms with Gasteiger partial charge in [-0.1, -0.05) is 29.0 Å². The average Bonchev–Trinajstić information content (AvgIpc) is 2.88. The number of aromatic nitrogens is 1. The maximum absolute atomic E-state index is 12.2. The van der Waals surface area contributed by atoms with Crippen LogP contribution in [0.4, 0.5) is 5.13 Å². The second kappa shape index (κ2) is 6.05. The Hall–Kier alpha value is -1.56. The van der Waals surface area contributed by atoms with Crippen LogP contribution in [0.2, 0.25) is 5.02 Å². The quantitative estimate of drug-likeness (QED) is 0.691. The Bertz CT molecular complexity index is 816. The summed E-state index contributed by atoms with van der Waals surface area (Å²) in [6.07, 6.45) is 2.03. The van der Waals surface area contributed by atoms with Crippen molar-refractivity contribution >= 4 is 56.0 Å². The summed E-state index contributed by atoms with van der Waals surface area (Å²) in [5, 5.41) is 3.94. The zero-order valence-corrected chi connectivity index (χ0v) is 13.5. The van der Waals surface area contributed by atoms with Crippen molar-refractivity contribution in [3.8, 4) is 0 Å². The Morgan fingerprint density at radius 3 is 2.90 bits per heavy atom. The normalized spacial score (nSPS) is 10.8. The van der Waals surface area contributed by atoms with Crippen LogP contribution in [-0.4, -0.2) is 17.1 Å². The molecule has 1 amide bonds. The van der Waals surface area contributed by atoms with E-state index in [9.17, 15) is 4.79 Å². The third kappa shape index (κ3) is 3.20. The van der Waals surface area contributed by atoms with E-state index in [0.717, 1.165) is 10.2 Å². The van der Waals surface area contributed by atoms with Gasteiger partial charge in [0.25, 0.3) is 5.91 Å². The van der Waals surface area contributed by atoms with Crippen molar-refractivity contribution in [3.63, 3.8) is 0 Å². The Labute approximate surface area is 135 Å². The standard InChI is InChI=1S/C15H11ClN2OS2/c1-20-11-5-6-12-13(8-11)21-15(17-12)18-14(19)9-3-2-4-10(16)7-9/h2-8H,1H3,(H,17,18,19). The number of halogens is 1. The fourth-order valence-corrected chi connectivity index (χ4v) is 3.49. The van der Waals surface area contributed by atoms with Gasteiger partial charge in [-0.3, -0.25) is 10.1 Å². The van der Waals surface area contributed by atoms with Gasteiger partial charge in [-0.25, -0.2) is 4.98 Å². The van der Waals surface area contributed by atoms with Crippen molar-refractivity contribution < 1.29 is 4.79 Å². The predicted octanol–water partition coefficient (Wildman–Crippen LogP) is 4.92. The number of benzene rings is 2. The van der Waals surface area contributed by atoms with Crippen LogP contribution in [0, 0.1) is 0 Å². The summed E-state index contributed by atoms with van der Waals surface area (Å²) in [5.41, 5.74) is 1.41. The number of rotatable bonds is 3. The Morgan fingerprint density at radius 1 is 1.29 bits per heavy atom. The van der Waals surface area contributed by atoms with Gasteiger partial charge < -0.3 is 0 Å². The fourth-order valence-electron chi connectivity index (χ4n) is 1.88. The lowest BCUT2D eigenvalue weighted by molar-refractivity contribution is 0.102. The van der Waals surface area contributed by atoms with Gasteiger partial charge in [0.1, 0.15) is 0 Å². The van der Waals surface area contributed by atoms with Gasteiger partial charge >= 0.3 is 0 Å². The summed E-state index contributed by atoms with van der Waals surface area (Å²) in [5.74, 6) is -0.207. The van der Waals surface area contributed by atoms with E-state index in [1.54, 1.807) is 36.0 Å². The van der Waals surface area contributed by atoms with Crippen LogP contribution in [-0.2, 0) is 0 Å². The first-order valence-corrected chi connectivity index (χ1v) is 8.59. The lowest BCUT2D eigenvalue weighted by atomic mass is 10.2. The molecule has 0 spiro atoms. The summed E-state index contributed by atoms with van der Waals surface area (Å²) in [7, 11) is 0. The van der Waals surface area contributed by atoms with Crippen LogP contribution in [0.1, 0.15) is 10.4 Å². The molecule has 0 aliphatic rings. The summed E-state index contributed by atoms with van der Waals surface area (Å²) in [4.78, 5) is 17.8. The minimum atomic E-state index is -0.207. The minimum Gasteiger partial charge on any atom is -0.298 e. The van der Waals surface area contributed by atoms with E-state index < -0.39 is 0 Å². The van der Waals surface area contributed by atoms with E-state index in [2.05, 4.69) is 16.4 Å².